The molecule has 6 heteroatoms. The molecular formula is C24H30Cl2N2O2. The van der Waals surface area contributed by atoms with Crippen LogP contribution in [0.5, 0.6) is 0 Å². The van der Waals surface area contributed by atoms with Gasteiger partial charge in [0.1, 0.15) is 6.04 Å². The Balaban J connectivity index is 2.21. The number of nitrogens with one attached hydrogen (secondary N) is 1. The van der Waals surface area contributed by atoms with E-state index in [1.54, 1.807) is 30.0 Å². The Kier molecular flexibility index (Phi) is 8.34. The summed E-state index contributed by atoms with van der Waals surface area (Å²) < 4.78 is 0. The van der Waals surface area contributed by atoms with Gasteiger partial charge in [-0.15, -0.1) is 0 Å². The van der Waals surface area contributed by atoms with E-state index in [1.807, 2.05) is 52.0 Å². The number of benzene rings is 2. The summed E-state index contributed by atoms with van der Waals surface area (Å²) in [5, 5.41) is 3.96. The number of carbonyl (C=O) groups excluding carboxylic acids is 2. The SMILES string of the molecule is Cc1ccc(CCC(=O)N(Cc2ccc(Cl)cc2Cl)C(C)C(=O)NC(C)(C)C)cc1. The van der Waals surface area contributed by atoms with Crippen LogP contribution < -0.4 is 5.32 Å². The quantitative estimate of drug-likeness (QED) is 0.601. The van der Waals surface area contributed by atoms with Gasteiger partial charge in [-0.25, -0.2) is 0 Å². The van der Waals surface area contributed by atoms with Gasteiger partial charge in [0.25, 0.3) is 0 Å². The molecule has 4 nitrogen and oxygen atoms in total. The molecule has 0 aliphatic heterocycles. The van der Waals surface area contributed by atoms with Gasteiger partial charge in [-0.1, -0.05) is 59.1 Å². The standard InChI is InChI=1S/C24H30Cl2N2O2/c1-16-6-8-18(9-7-16)10-13-22(29)28(17(2)23(30)27-24(3,4)5)15-19-11-12-20(25)14-21(19)26/h6-9,11-12,14,17H,10,13,15H2,1-5H3,(H,27,30). The summed E-state index contributed by atoms with van der Waals surface area (Å²) >= 11 is 12.3. The highest BCUT2D eigenvalue weighted by Gasteiger charge is 2.28. The molecule has 2 rings (SSSR count). The molecule has 1 N–H and O–H groups in total. The lowest BCUT2D eigenvalue weighted by molar-refractivity contribution is -0.141. The molecule has 0 bridgehead atoms. The molecule has 0 spiro atoms. The van der Waals surface area contributed by atoms with E-state index in [1.165, 1.54) is 5.56 Å². The van der Waals surface area contributed by atoms with Crippen molar-refractivity contribution in [3.8, 4) is 0 Å². The van der Waals surface area contributed by atoms with Crippen LogP contribution in [-0.2, 0) is 22.6 Å². The van der Waals surface area contributed by atoms with Crippen molar-refractivity contribution in [2.45, 2.75) is 65.6 Å². The molecule has 2 aromatic rings. The van der Waals surface area contributed by atoms with Gasteiger partial charge in [0.2, 0.25) is 11.8 Å². The summed E-state index contributed by atoms with van der Waals surface area (Å²) in [6.45, 7) is 9.75. The fraction of sp³-hybridized carbons (Fsp3) is 0.417. The van der Waals surface area contributed by atoms with Crippen LogP contribution in [0.3, 0.4) is 0 Å². The fourth-order valence-corrected chi connectivity index (χ4v) is 3.51. The summed E-state index contributed by atoms with van der Waals surface area (Å²) in [7, 11) is 0. The Labute approximate surface area is 189 Å². The minimum Gasteiger partial charge on any atom is -0.350 e. The average Bonchev–Trinajstić information content (AvgIpc) is 2.65. The largest absolute Gasteiger partial charge is 0.350 e. The third kappa shape index (κ3) is 7.33. The summed E-state index contributed by atoms with van der Waals surface area (Å²) in [6.07, 6.45) is 0.916. The van der Waals surface area contributed by atoms with Gasteiger partial charge in [-0.2, -0.15) is 0 Å². The topological polar surface area (TPSA) is 49.4 Å². The van der Waals surface area contributed by atoms with Crippen LogP contribution in [0.25, 0.3) is 0 Å². The van der Waals surface area contributed by atoms with Crippen LogP contribution in [-0.4, -0.2) is 28.3 Å². The van der Waals surface area contributed by atoms with Crippen molar-refractivity contribution in [3.05, 3.63) is 69.2 Å². The molecule has 30 heavy (non-hydrogen) atoms. The highest BCUT2D eigenvalue weighted by atomic mass is 35.5. The van der Waals surface area contributed by atoms with E-state index < -0.39 is 6.04 Å². The first-order chi connectivity index (χ1) is 14.0. The second-order valence-electron chi connectivity index (χ2n) is 8.66. The van der Waals surface area contributed by atoms with Crippen LogP contribution in [0.15, 0.2) is 42.5 Å². The maximum Gasteiger partial charge on any atom is 0.242 e. The van der Waals surface area contributed by atoms with Gasteiger partial charge >= 0.3 is 0 Å². The predicted octanol–water partition coefficient (Wildman–Crippen LogP) is 5.57. The Bertz CT molecular complexity index is 889. The first-order valence-corrected chi connectivity index (χ1v) is 10.8. The zero-order valence-corrected chi connectivity index (χ0v) is 19.8. The second kappa shape index (κ2) is 10.3. The van der Waals surface area contributed by atoms with Crippen molar-refractivity contribution in [2.75, 3.05) is 0 Å². The summed E-state index contributed by atoms with van der Waals surface area (Å²) in [5.41, 5.74) is 2.63. The normalized spacial score (nSPS) is 12.4. The molecule has 1 atom stereocenters. The second-order valence-corrected chi connectivity index (χ2v) is 9.50. The molecule has 2 aromatic carbocycles. The molecule has 1 unspecified atom stereocenters. The monoisotopic (exact) mass is 448 g/mol. The number of nitrogens with zero attached hydrogens (tertiary/aromatic N) is 1. The van der Waals surface area contributed by atoms with Crippen molar-refractivity contribution >= 4 is 35.0 Å². The van der Waals surface area contributed by atoms with E-state index in [2.05, 4.69) is 5.32 Å². The molecule has 0 fully saturated rings. The van der Waals surface area contributed by atoms with Gasteiger partial charge in [-0.3, -0.25) is 9.59 Å². The maximum absolute atomic E-state index is 13.2. The first-order valence-electron chi connectivity index (χ1n) is 10.1. The van der Waals surface area contributed by atoms with Crippen molar-refractivity contribution in [1.29, 1.82) is 0 Å². The lowest BCUT2D eigenvalue weighted by atomic mass is 10.1. The third-order valence-electron chi connectivity index (χ3n) is 4.77. The highest BCUT2D eigenvalue weighted by molar-refractivity contribution is 6.35. The molecule has 0 radical (unpaired) electrons. The van der Waals surface area contributed by atoms with E-state index in [9.17, 15) is 9.59 Å². The van der Waals surface area contributed by atoms with Crippen LogP contribution in [0.2, 0.25) is 10.0 Å². The van der Waals surface area contributed by atoms with Gasteiger partial charge in [-0.05, 0) is 64.3 Å². The number of aryl methyl sites for hydroxylation is 2. The molecule has 0 aliphatic carbocycles. The third-order valence-corrected chi connectivity index (χ3v) is 5.36. The Hall–Kier alpha value is -2.04. The summed E-state index contributed by atoms with van der Waals surface area (Å²) in [5.74, 6) is -0.297. The van der Waals surface area contributed by atoms with Gasteiger partial charge < -0.3 is 10.2 Å². The average molecular weight is 449 g/mol. The van der Waals surface area contributed by atoms with Crippen molar-refractivity contribution < 1.29 is 9.59 Å². The van der Waals surface area contributed by atoms with Crippen LogP contribution >= 0.6 is 23.2 Å². The lowest BCUT2D eigenvalue weighted by Gasteiger charge is -2.31. The number of rotatable bonds is 7. The lowest BCUT2D eigenvalue weighted by Crippen LogP contribution is -2.52. The van der Waals surface area contributed by atoms with Gasteiger partial charge in [0.05, 0.1) is 0 Å². The Morgan fingerprint density at radius 2 is 1.70 bits per heavy atom. The van der Waals surface area contributed by atoms with E-state index in [0.29, 0.717) is 22.9 Å². The molecule has 162 valence electrons. The van der Waals surface area contributed by atoms with Crippen molar-refractivity contribution in [3.63, 3.8) is 0 Å². The van der Waals surface area contributed by atoms with E-state index in [4.69, 9.17) is 23.2 Å². The fourth-order valence-electron chi connectivity index (χ4n) is 3.04. The molecule has 0 aromatic heterocycles. The maximum atomic E-state index is 13.2. The van der Waals surface area contributed by atoms with Crippen molar-refractivity contribution in [2.24, 2.45) is 0 Å². The smallest absolute Gasteiger partial charge is 0.242 e. The van der Waals surface area contributed by atoms with Crippen LogP contribution in [0.4, 0.5) is 0 Å². The van der Waals surface area contributed by atoms with E-state index >= 15 is 0 Å². The van der Waals surface area contributed by atoms with Crippen LogP contribution in [0.1, 0.15) is 50.8 Å². The van der Waals surface area contributed by atoms with E-state index in [-0.39, 0.29) is 23.9 Å². The molecule has 0 aliphatic rings. The van der Waals surface area contributed by atoms with Crippen LogP contribution in [0, 0.1) is 6.92 Å². The summed E-state index contributed by atoms with van der Waals surface area (Å²) in [6, 6.07) is 12.7. The van der Waals surface area contributed by atoms with E-state index in [0.717, 1.165) is 11.1 Å². The molecule has 0 heterocycles. The zero-order valence-electron chi connectivity index (χ0n) is 18.3. The first kappa shape index (κ1) is 24.2. The number of amides is 2. The number of hydrogen-bond donors (Lipinski definition) is 1. The molecular weight excluding hydrogens is 419 g/mol. The molecule has 0 saturated heterocycles. The van der Waals surface area contributed by atoms with Gasteiger partial charge in [0, 0.05) is 28.5 Å². The number of halogens is 2. The highest BCUT2D eigenvalue weighted by Crippen LogP contribution is 2.24. The van der Waals surface area contributed by atoms with Crippen molar-refractivity contribution in [1.82, 2.24) is 10.2 Å². The molecule has 2 amide bonds. The minimum absolute atomic E-state index is 0.0989. The minimum atomic E-state index is -0.638. The molecule has 0 saturated carbocycles. The zero-order chi connectivity index (χ0) is 22.5. The summed E-state index contributed by atoms with van der Waals surface area (Å²) in [4.78, 5) is 27.5. The number of hydrogen-bond acceptors (Lipinski definition) is 2. The van der Waals surface area contributed by atoms with Gasteiger partial charge in [0.15, 0.2) is 0 Å². The predicted molar refractivity (Wildman–Crippen MR) is 124 cm³/mol. The number of carbonyl (C=O) groups is 2. The Morgan fingerprint density at radius 1 is 1.07 bits per heavy atom. The Morgan fingerprint density at radius 3 is 2.27 bits per heavy atom.